The Bertz CT molecular complexity index is 718. The zero-order chi connectivity index (χ0) is 13.4. The fourth-order valence-corrected chi connectivity index (χ4v) is 3.85. The SMILES string of the molecule is Sc1nnc(-c2csnc2-c2c(Cl)cccc2Cl)s1. The van der Waals surface area contributed by atoms with Gasteiger partial charge >= 0.3 is 0 Å². The maximum absolute atomic E-state index is 6.22. The Morgan fingerprint density at radius 2 is 1.84 bits per heavy atom. The highest BCUT2D eigenvalue weighted by atomic mass is 35.5. The third kappa shape index (κ3) is 2.51. The van der Waals surface area contributed by atoms with Gasteiger partial charge in [0.1, 0.15) is 0 Å². The van der Waals surface area contributed by atoms with Gasteiger partial charge in [-0.05, 0) is 23.7 Å². The van der Waals surface area contributed by atoms with Crippen molar-refractivity contribution in [1.29, 1.82) is 0 Å². The van der Waals surface area contributed by atoms with Crippen LogP contribution in [0.4, 0.5) is 0 Å². The van der Waals surface area contributed by atoms with Crippen LogP contribution < -0.4 is 0 Å². The Kier molecular flexibility index (Phi) is 3.77. The predicted octanol–water partition coefficient (Wildman–Crippen LogP) is 4.92. The van der Waals surface area contributed by atoms with Crippen LogP contribution in [-0.4, -0.2) is 14.6 Å². The molecule has 0 radical (unpaired) electrons. The molecule has 0 aliphatic heterocycles. The van der Waals surface area contributed by atoms with Crippen LogP contribution >= 0.6 is 58.7 Å². The second-order valence-electron chi connectivity index (χ2n) is 3.56. The summed E-state index contributed by atoms with van der Waals surface area (Å²) in [4.78, 5) is 0. The molecule has 2 aromatic heterocycles. The van der Waals surface area contributed by atoms with E-state index < -0.39 is 0 Å². The van der Waals surface area contributed by atoms with E-state index in [0.717, 1.165) is 21.8 Å². The van der Waals surface area contributed by atoms with Crippen molar-refractivity contribution in [2.45, 2.75) is 4.34 Å². The van der Waals surface area contributed by atoms with Crippen molar-refractivity contribution in [1.82, 2.24) is 14.6 Å². The van der Waals surface area contributed by atoms with E-state index in [-0.39, 0.29) is 0 Å². The summed E-state index contributed by atoms with van der Waals surface area (Å²) in [6.45, 7) is 0. The Labute approximate surface area is 132 Å². The van der Waals surface area contributed by atoms with Crippen LogP contribution in [0.1, 0.15) is 0 Å². The summed E-state index contributed by atoms with van der Waals surface area (Å²) in [5.41, 5.74) is 2.32. The third-order valence-electron chi connectivity index (χ3n) is 2.41. The summed E-state index contributed by atoms with van der Waals surface area (Å²) >= 11 is 19.3. The summed E-state index contributed by atoms with van der Waals surface area (Å²) in [6, 6.07) is 5.38. The number of hydrogen-bond donors (Lipinski definition) is 1. The molecular weight excluding hydrogens is 341 g/mol. The van der Waals surface area contributed by atoms with Crippen molar-refractivity contribution in [2.24, 2.45) is 0 Å². The van der Waals surface area contributed by atoms with E-state index in [2.05, 4.69) is 27.2 Å². The molecule has 0 aliphatic carbocycles. The highest BCUT2D eigenvalue weighted by Crippen LogP contribution is 2.41. The van der Waals surface area contributed by atoms with Crippen LogP contribution in [-0.2, 0) is 0 Å². The average molecular weight is 346 g/mol. The fourth-order valence-electron chi connectivity index (χ4n) is 1.62. The number of aromatic nitrogens is 3. The maximum Gasteiger partial charge on any atom is 0.171 e. The minimum Gasteiger partial charge on any atom is -0.192 e. The van der Waals surface area contributed by atoms with Crippen LogP contribution in [0.15, 0.2) is 27.9 Å². The second-order valence-corrected chi connectivity index (χ2v) is 6.71. The predicted molar refractivity (Wildman–Crippen MR) is 83.7 cm³/mol. The van der Waals surface area contributed by atoms with Crippen molar-refractivity contribution in [3.8, 4) is 21.8 Å². The van der Waals surface area contributed by atoms with Crippen molar-refractivity contribution < 1.29 is 0 Å². The second kappa shape index (κ2) is 5.38. The number of thiol groups is 1. The first-order valence-corrected chi connectivity index (χ1v) is 7.94. The van der Waals surface area contributed by atoms with E-state index in [1.54, 1.807) is 18.2 Å². The standard InChI is InChI=1S/C11H5Cl2N3S3/c12-6-2-1-3-7(13)8(6)9-5(4-18-16-9)10-14-15-11(17)19-10/h1-4H,(H,15,17). The lowest BCUT2D eigenvalue weighted by atomic mass is 10.1. The minimum atomic E-state index is 0.565. The van der Waals surface area contributed by atoms with Gasteiger partial charge in [-0.15, -0.1) is 22.8 Å². The van der Waals surface area contributed by atoms with Crippen LogP contribution in [0, 0.1) is 0 Å². The Morgan fingerprint density at radius 3 is 2.47 bits per heavy atom. The lowest BCUT2D eigenvalue weighted by Crippen LogP contribution is -1.85. The Morgan fingerprint density at radius 1 is 1.11 bits per heavy atom. The molecule has 0 amide bonds. The van der Waals surface area contributed by atoms with E-state index in [1.165, 1.54) is 22.9 Å². The van der Waals surface area contributed by atoms with Gasteiger partial charge in [0, 0.05) is 10.9 Å². The Balaban J connectivity index is 2.20. The average Bonchev–Trinajstić information content (AvgIpc) is 2.97. The monoisotopic (exact) mass is 345 g/mol. The van der Waals surface area contributed by atoms with Gasteiger partial charge in [0.05, 0.1) is 21.3 Å². The van der Waals surface area contributed by atoms with Gasteiger partial charge in [-0.25, -0.2) is 0 Å². The van der Waals surface area contributed by atoms with Crippen molar-refractivity contribution in [3.05, 3.63) is 33.6 Å². The molecule has 2 heterocycles. The van der Waals surface area contributed by atoms with Crippen molar-refractivity contribution in [2.75, 3.05) is 0 Å². The Hall–Kier alpha value is -0.660. The molecule has 0 saturated carbocycles. The van der Waals surface area contributed by atoms with Crippen molar-refractivity contribution in [3.63, 3.8) is 0 Å². The van der Waals surface area contributed by atoms with Crippen LogP contribution in [0.25, 0.3) is 21.8 Å². The van der Waals surface area contributed by atoms with Crippen LogP contribution in [0.5, 0.6) is 0 Å². The normalized spacial score (nSPS) is 10.9. The fraction of sp³-hybridized carbons (Fsp3) is 0. The van der Waals surface area contributed by atoms with Gasteiger partial charge in [0.2, 0.25) is 0 Å². The molecule has 0 bridgehead atoms. The third-order valence-corrected chi connectivity index (χ3v) is 4.80. The molecule has 0 atom stereocenters. The first kappa shape index (κ1) is 13.3. The molecule has 0 aliphatic rings. The molecule has 8 heteroatoms. The topological polar surface area (TPSA) is 38.7 Å². The molecule has 3 rings (SSSR count). The molecule has 3 aromatic rings. The number of halogens is 2. The summed E-state index contributed by atoms with van der Waals surface area (Å²) in [7, 11) is 0. The summed E-state index contributed by atoms with van der Waals surface area (Å²) in [5.74, 6) is 0. The summed E-state index contributed by atoms with van der Waals surface area (Å²) < 4.78 is 4.99. The van der Waals surface area contributed by atoms with Gasteiger partial charge in [-0.2, -0.15) is 4.37 Å². The zero-order valence-electron chi connectivity index (χ0n) is 9.17. The van der Waals surface area contributed by atoms with E-state index in [1.807, 2.05) is 5.38 Å². The van der Waals surface area contributed by atoms with Crippen LogP contribution in [0.2, 0.25) is 10.0 Å². The van der Waals surface area contributed by atoms with Gasteiger partial charge < -0.3 is 0 Å². The summed E-state index contributed by atoms with van der Waals surface area (Å²) in [6.07, 6.45) is 0. The van der Waals surface area contributed by atoms with Gasteiger partial charge in [0.15, 0.2) is 9.35 Å². The van der Waals surface area contributed by atoms with Crippen molar-refractivity contribution >= 4 is 58.7 Å². The molecule has 1 aromatic carbocycles. The van der Waals surface area contributed by atoms with Crippen LogP contribution in [0.3, 0.4) is 0 Å². The lowest BCUT2D eigenvalue weighted by Gasteiger charge is -2.05. The van der Waals surface area contributed by atoms with E-state index in [0.29, 0.717) is 14.4 Å². The maximum atomic E-state index is 6.22. The van der Waals surface area contributed by atoms with Gasteiger partial charge in [-0.3, -0.25) is 0 Å². The minimum absolute atomic E-state index is 0.565. The number of benzene rings is 1. The molecule has 0 spiro atoms. The largest absolute Gasteiger partial charge is 0.192 e. The molecule has 96 valence electrons. The molecule has 19 heavy (non-hydrogen) atoms. The number of rotatable bonds is 2. The highest BCUT2D eigenvalue weighted by molar-refractivity contribution is 7.82. The molecule has 0 saturated heterocycles. The van der Waals surface area contributed by atoms with Gasteiger partial charge in [0.25, 0.3) is 0 Å². The lowest BCUT2D eigenvalue weighted by molar-refractivity contribution is 1.02. The first-order valence-electron chi connectivity index (χ1n) is 5.08. The van der Waals surface area contributed by atoms with E-state index in [9.17, 15) is 0 Å². The van der Waals surface area contributed by atoms with E-state index >= 15 is 0 Å². The van der Waals surface area contributed by atoms with Gasteiger partial charge in [-0.1, -0.05) is 40.6 Å². The highest BCUT2D eigenvalue weighted by Gasteiger charge is 2.18. The number of nitrogens with zero attached hydrogens (tertiary/aromatic N) is 3. The zero-order valence-corrected chi connectivity index (χ0v) is 13.2. The quantitative estimate of drug-likeness (QED) is 0.669. The summed E-state index contributed by atoms with van der Waals surface area (Å²) in [5, 5.41) is 11.8. The van der Waals surface area contributed by atoms with E-state index in [4.69, 9.17) is 23.2 Å². The molecule has 3 nitrogen and oxygen atoms in total. The number of hydrogen-bond acceptors (Lipinski definition) is 6. The smallest absolute Gasteiger partial charge is 0.171 e. The molecule has 0 N–H and O–H groups in total. The first-order chi connectivity index (χ1) is 9.16. The molecular formula is C11H5Cl2N3S3. The molecule has 0 fully saturated rings. The molecule has 0 unspecified atom stereocenters.